The fourth-order valence-electron chi connectivity index (χ4n) is 2.63. The average Bonchev–Trinajstić information content (AvgIpc) is 2.50. The molecule has 0 aliphatic heterocycles. The molecule has 0 amide bonds. The van der Waals surface area contributed by atoms with E-state index in [9.17, 15) is 0 Å². The molecule has 0 atom stereocenters. The molecule has 0 bridgehead atoms. The van der Waals surface area contributed by atoms with Crippen molar-refractivity contribution in [3.8, 4) is 0 Å². The molecular formula is C19H26N2. The fraction of sp³-hybridized carbons (Fsp3) is 0.368. The zero-order valence-electron chi connectivity index (χ0n) is 13.2. The van der Waals surface area contributed by atoms with Crippen LogP contribution in [0.3, 0.4) is 0 Å². The van der Waals surface area contributed by atoms with Gasteiger partial charge in [0.2, 0.25) is 0 Å². The van der Waals surface area contributed by atoms with Crippen LogP contribution in [0.25, 0.3) is 0 Å². The van der Waals surface area contributed by atoms with Crippen LogP contribution < -0.4 is 5.73 Å². The predicted molar refractivity (Wildman–Crippen MR) is 90.2 cm³/mol. The second-order valence-corrected chi connectivity index (χ2v) is 5.79. The molecule has 21 heavy (non-hydrogen) atoms. The Morgan fingerprint density at radius 3 is 2.43 bits per heavy atom. The molecule has 2 aromatic rings. The van der Waals surface area contributed by atoms with Crippen LogP contribution in [0.4, 0.5) is 0 Å². The molecule has 112 valence electrons. The van der Waals surface area contributed by atoms with Crippen LogP contribution in [0.1, 0.15) is 28.7 Å². The van der Waals surface area contributed by atoms with Crippen LogP contribution >= 0.6 is 0 Å². The first-order valence-electron chi connectivity index (χ1n) is 7.70. The predicted octanol–water partition coefficient (Wildman–Crippen LogP) is 3.52. The highest BCUT2D eigenvalue weighted by Crippen LogP contribution is 2.13. The summed E-state index contributed by atoms with van der Waals surface area (Å²) in [7, 11) is 2.20. The smallest absolute Gasteiger partial charge is 0.0233 e. The van der Waals surface area contributed by atoms with Crippen molar-refractivity contribution >= 4 is 0 Å². The zero-order valence-corrected chi connectivity index (χ0v) is 13.2. The maximum absolute atomic E-state index is 5.68. The van der Waals surface area contributed by atoms with Crippen molar-refractivity contribution in [1.29, 1.82) is 0 Å². The summed E-state index contributed by atoms with van der Waals surface area (Å²) in [5.41, 5.74) is 11.1. The van der Waals surface area contributed by atoms with Crippen molar-refractivity contribution in [1.82, 2.24) is 4.90 Å². The molecule has 0 aliphatic rings. The van der Waals surface area contributed by atoms with Gasteiger partial charge in [0.1, 0.15) is 0 Å². The summed E-state index contributed by atoms with van der Waals surface area (Å²) < 4.78 is 0. The summed E-state index contributed by atoms with van der Waals surface area (Å²) >= 11 is 0. The van der Waals surface area contributed by atoms with Gasteiger partial charge in [-0.3, -0.25) is 0 Å². The summed E-state index contributed by atoms with van der Waals surface area (Å²) in [5.74, 6) is 0. The number of hydrogen-bond acceptors (Lipinski definition) is 2. The van der Waals surface area contributed by atoms with Gasteiger partial charge in [0, 0.05) is 13.1 Å². The van der Waals surface area contributed by atoms with Gasteiger partial charge in [-0.1, -0.05) is 48.5 Å². The van der Waals surface area contributed by atoms with Crippen LogP contribution in [-0.4, -0.2) is 18.5 Å². The van der Waals surface area contributed by atoms with E-state index in [2.05, 4.69) is 67.4 Å². The van der Waals surface area contributed by atoms with E-state index >= 15 is 0 Å². The molecule has 0 saturated heterocycles. The summed E-state index contributed by atoms with van der Waals surface area (Å²) in [6.45, 7) is 4.92. The summed E-state index contributed by atoms with van der Waals surface area (Å²) in [5, 5.41) is 0. The van der Waals surface area contributed by atoms with E-state index in [1.54, 1.807) is 0 Å². The molecule has 2 aromatic carbocycles. The minimum absolute atomic E-state index is 0.619. The molecule has 0 radical (unpaired) electrons. The van der Waals surface area contributed by atoms with E-state index in [0.717, 1.165) is 19.5 Å². The van der Waals surface area contributed by atoms with Gasteiger partial charge in [0.25, 0.3) is 0 Å². The van der Waals surface area contributed by atoms with Gasteiger partial charge < -0.3 is 10.6 Å². The SMILES string of the molecule is Cc1cc(CN)ccc1CN(C)CCCc1ccccc1. The molecule has 0 fully saturated rings. The Hall–Kier alpha value is -1.64. The minimum Gasteiger partial charge on any atom is -0.326 e. The second-order valence-electron chi connectivity index (χ2n) is 5.79. The quantitative estimate of drug-likeness (QED) is 0.842. The standard InChI is InChI=1S/C19H26N2/c1-16-13-18(14-20)10-11-19(16)15-21(2)12-6-9-17-7-4-3-5-8-17/h3-5,7-8,10-11,13H,6,9,12,14-15,20H2,1-2H3. The minimum atomic E-state index is 0.619. The Labute approximate surface area is 128 Å². The summed E-state index contributed by atoms with van der Waals surface area (Å²) in [6.07, 6.45) is 2.34. The maximum Gasteiger partial charge on any atom is 0.0233 e. The Morgan fingerprint density at radius 1 is 1.00 bits per heavy atom. The molecule has 0 spiro atoms. The molecule has 2 N–H and O–H groups in total. The van der Waals surface area contributed by atoms with Crippen molar-refractivity contribution in [3.05, 3.63) is 70.8 Å². The molecule has 2 nitrogen and oxygen atoms in total. The lowest BCUT2D eigenvalue weighted by Gasteiger charge is -2.18. The van der Waals surface area contributed by atoms with E-state index in [1.165, 1.54) is 28.7 Å². The Bertz CT molecular complexity index is 549. The highest BCUT2D eigenvalue weighted by atomic mass is 15.1. The first-order valence-corrected chi connectivity index (χ1v) is 7.70. The molecule has 0 unspecified atom stereocenters. The van der Waals surface area contributed by atoms with Crippen LogP contribution in [0, 0.1) is 6.92 Å². The third-order valence-corrected chi connectivity index (χ3v) is 3.93. The third kappa shape index (κ3) is 5.00. The monoisotopic (exact) mass is 282 g/mol. The average molecular weight is 282 g/mol. The molecule has 0 aliphatic carbocycles. The van der Waals surface area contributed by atoms with E-state index in [4.69, 9.17) is 5.73 Å². The van der Waals surface area contributed by atoms with Gasteiger partial charge in [0.15, 0.2) is 0 Å². The van der Waals surface area contributed by atoms with Gasteiger partial charge >= 0.3 is 0 Å². The molecule has 2 heteroatoms. The second kappa shape index (κ2) is 7.96. The lowest BCUT2D eigenvalue weighted by Crippen LogP contribution is -2.20. The lowest BCUT2D eigenvalue weighted by atomic mass is 10.0. The van der Waals surface area contributed by atoms with Crippen molar-refractivity contribution in [2.45, 2.75) is 32.9 Å². The van der Waals surface area contributed by atoms with Crippen molar-refractivity contribution < 1.29 is 0 Å². The number of benzene rings is 2. The lowest BCUT2D eigenvalue weighted by molar-refractivity contribution is 0.321. The Balaban J connectivity index is 1.80. The molecule has 0 heterocycles. The molecule has 0 aromatic heterocycles. The van der Waals surface area contributed by atoms with Gasteiger partial charge in [0.05, 0.1) is 0 Å². The molecule has 0 saturated carbocycles. The largest absolute Gasteiger partial charge is 0.326 e. The number of rotatable bonds is 7. The first kappa shape index (κ1) is 15.7. The topological polar surface area (TPSA) is 29.3 Å². The Kier molecular flexibility index (Phi) is 5.97. The van der Waals surface area contributed by atoms with E-state index < -0.39 is 0 Å². The highest BCUT2D eigenvalue weighted by Gasteiger charge is 2.04. The van der Waals surface area contributed by atoms with Gasteiger partial charge in [-0.05, 0) is 55.6 Å². The van der Waals surface area contributed by atoms with Crippen LogP contribution in [0.15, 0.2) is 48.5 Å². The van der Waals surface area contributed by atoms with Gasteiger partial charge in [-0.2, -0.15) is 0 Å². The maximum atomic E-state index is 5.68. The number of aryl methyl sites for hydroxylation is 2. The number of nitrogens with zero attached hydrogens (tertiary/aromatic N) is 1. The fourth-order valence-corrected chi connectivity index (χ4v) is 2.63. The van der Waals surface area contributed by atoms with Crippen LogP contribution in [0.5, 0.6) is 0 Å². The van der Waals surface area contributed by atoms with Gasteiger partial charge in [-0.15, -0.1) is 0 Å². The first-order chi connectivity index (χ1) is 10.2. The van der Waals surface area contributed by atoms with E-state index in [0.29, 0.717) is 6.54 Å². The Morgan fingerprint density at radius 2 is 1.76 bits per heavy atom. The third-order valence-electron chi connectivity index (χ3n) is 3.93. The van der Waals surface area contributed by atoms with Crippen LogP contribution in [-0.2, 0) is 19.5 Å². The number of nitrogens with two attached hydrogens (primary N) is 1. The van der Waals surface area contributed by atoms with Crippen molar-refractivity contribution in [2.24, 2.45) is 5.73 Å². The van der Waals surface area contributed by atoms with Crippen molar-refractivity contribution in [3.63, 3.8) is 0 Å². The summed E-state index contributed by atoms with van der Waals surface area (Å²) in [6, 6.07) is 17.3. The highest BCUT2D eigenvalue weighted by molar-refractivity contribution is 5.30. The van der Waals surface area contributed by atoms with Gasteiger partial charge in [-0.25, -0.2) is 0 Å². The van der Waals surface area contributed by atoms with Crippen LogP contribution in [0.2, 0.25) is 0 Å². The normalized spacial score (nSPS) is 11.0. The molecular weight excluding hydrogens is 256 g/mol. The van der Waals surface area contributed by atoms with E-state index in [1.807, 2.05) is 0 Å². The number of hydrogen-bond donors (Lipinski definition) is 1. The van der Waals surface area contributed by atoms with Crippen molar-refractivity contribution in [2.75, 3.05) is 13.6 Å². The zero-order chi connectivity index (χ0) is 15.1. The molecule has 2 rings (SSSR count). The summed E-state index contributed by atoms with van der Waals surface area (Å²) in [4.78, 5) is 2.40. The van der Waals surface area contributed by atoms with E-state index in [-0.39, 0.29) is 0 Å².